The quantitative estimate of drug-likeness (QED) is 0.409. The molecule has 1 aliphatic heterocycles. The third-order valence-corrected chi connectivity index (χ3v) is 3.26. The van der Waals surface area contributed by atoms with E-state index in [-0.39, 0.29) is 35.4 Å². The van der Waals surface area contributed by atoms with Crippen LogP contribution in [-0.2, 0) is 4.79 Å². The van der Waals surface area contributed by atoms with Gasteiger partial charge in [0.25, 0.3) is 0 Å². The predicted octanol–water partition coefficient (Wildman–Crippen LogP) is 0.732. The Bertz CT molecular complexity index is 346. The molecule has 6 nitrogen and oxygen atoms in total. The predicted molar refractivity (Wildman–Crippen MR) is 98.4 cm³/mol. The molecule has 1 saturated heterocycles. The summed E-state index contributed by atoms with van der Waals surface area (Å²) in [6.45, 7) is 13.4. The van der Waals surface area contributed by atoms with E-state index in [1.165, 1.54) is 0 Å². The molecule has 0 radical (unpaired) electrons. The van der Waals surface area contributed by atoms with Crippen LogP contribution in [0, 0.1) is 0 Å². The molecule has 0 atom stereocenters. The minimum atomic E-state index is 0. The molecule has 0 aromatic heterocycles. The van der Waals surface area contributed by atoms with Crippen LogP contribution in [0.15, 0.2) is 4.99 Å². The normalized spacial score (nSPS) is 17.2. The Morgan fingerprint density at radius 1 is 1.19 bits per heavy atom. The topological polar surface area (TPSA) is 60.0 Å². The lowest BCUT2D eigenvalue weighted by Gasteiger charge is -2.34. The third-order valence-electron chi connectivity index (χ3n) is 3.26. The second-order valence-corrected chi connectivity index (χ2v) is 6.22. The molecule has 0 aliphatic carbocycles. The van der Waals surface area contributed by atoms with Crippen molar-refractivity contribution in [2.24, 2.45) is 4.99 Å². The summed E-state index contributed by atoms with van der Waals surface area (Å²) in [5.74, 6) is 1.01. The minimum Gasteiger partial charge on any atom is -0.355 e. The highest BCUT2D eigenvalue weighted by Crippen LogP contribution is 2.01. The van der Waals surface area contributed by atoms with Crippen molar-refractivity contribution in [3.63, 3.8) is 0 Å². The summed E-state index contributed by atoms with van der Waals surface area (Å²) < 4.78 is 0. The van der Waals surface area contributed by atoms with Crippen LogP contribution in [0.2, 0.25) is 0 Å². The molecular weight excluding hydrogens is 381 g/mol. The summed E-state index contributed by atoms with van der Waals surface area (Å²) in [6.07, 6.45) is 0. The van der Waals surface area contributed by atoms with Crippen molar-refractivity contribution in [2.75, 3.05) is 46.3 Å². The van der Waals surface area contributed by atoms with Crippen molar-refractivity contribution in [2.45, 2.75) is 33.2 Å². The van der Waals surface area contributed by atoms with E-state index in [9.17, 15) is 4.79 Å². The van der Waals surface area contributed by atoms with Crippen molar-refractivity contribution in [3.8, 4) is 0 Å². The zero-order valence-electron chi connectivity index (χ0n) is 13.9. The second kappa shape index (κ2) is 9.45. The summed E-state index contributed by atoms with van der Waals surface area (Å²) in [6, 6.07) is 0. The average Bonchev–Trinajstić information content (AvgIpc) is 2.36. The smallest absolute Gasteiger partial charge is 0.219 e. The Morgan fingerprint density at radius 3 is 2.19 bits per heavy atom. The van der Waals surface area contributed by atoms with Crippen molar-refractivity contribution >= 4 is 35.8 Å². The van der Waals surface area contributed by atoms with E-state index in [2.05, 4.69) is 41.3 Å². The number of hydrogen-bond acceptors (Lipinski definition) is 3. The Kier molecular flexibility index (Phi) is 9.19. The molecular formula is C14H30IN5O. The number of carbonyl (C=O) groups is 1. The lowest BCUT2D eigenvalue weighted by Crippen LogP contribution is -2.52. The van der Waals surface area contributed by atoms with Gasteiger partial charge in [-0.05, 0) is 20.8 Å². The number of guanidine groups is 1. The van der Waals surface area contributed by atoms with E-state index in [1.54, 1.807) is 14.0 Å². The van der Waals surface area contributed by atoms with Crippen LogP contribution < -0.4 is 10.6 Å². The van der Waals surface area contributed by atoms with Crippen molar-refractivity contribution in [3.05, 3.63) is 0 Å². The highest BCUT2D eigenvalue weighted by Gasteiger charge is 2.18. The number of halogens is 1. The van der Waals surface area contributed by atoms with Crippen LogP contribution in [-0.4, -0.2) is 73.5 Å². The van der Waals surface area contributed by atoms with Gasteiger partial charge in [-0.1, -0.05) is 0 Å². The Morgan fingerprint density at radius 2 is 1.76 bits per heavy atom. The van der Waals surface area contributed by atoms with E-state index in [4.69, 9.17) is 0 Å². The average molecular weight is 411 g/mol. The number of aliphatic imine (C=N–C) groups is 1. The first-order valence-electron chi connectivity index (χ1n) is 7.28. The molecule has 1 fully saturated rings. The van der Waals surface area contributed by atoms with Gasteiger partial charge >= 0.3 is 0 Å². The minimum absolute atomic E-state index is 0. The van der Waals surface area contributed by atoms with Crippen LogP contribution in [0.5, 0.6) is 0 Å². The molecule has 0 aromatic rings. The van der Waals surface area contributed by atoms with Gasteiger partial charge in [-0.2, -0.15) is 0 Å². The lowest BCUT2D eigenvalue weighted by atomic mass is 10.1. The fourth-order valence-electron chi connectivity index (χ4n) is 2.15. The molecule has 0 unspecified atom stereocenters. The molecule has 0 aromatic carbocycles. The van der Waals surface area contributed by atoms with Crippen molar-refractivity contribution in [1.82, 2.24) is 20.4 Å². The molecule has 0 saturated carbocycles. The monoisotopic (exact) mass is 411 g/mol. The summed E-state index contributed by atoms with van der Waals surface area (Å²) in [4.78, 5) is 19.7. The number of nitrogens with one attached hydrogen (secondary N) is 2. The summed E-state index contributed by atoms with van der Waals surface area (Å²) in [5.41, 5.74) is 0.00889. The molecule has 1 aliphatic rings. The number of hydrogen-bond donors (Lipinski definition) is 2. The maximum absolute atomic E-state index is 11.3. The van der Waals surface area contributed by atoms with Crippen LogP contribution >= 0.6 is 24.0 Å². The van der Waals surface area contributed by atoms with Gasteiger partial charge < -0.3 is 15.5 Å². The first kappa shape index (κ1) is 20.4. The fraction of sp³-hybridized carbons (Fsp3) is 0.857. The van der Waals surface area contributed by atoms with E-state index in [0.717, 1.165) is 45.2 Å². The molecule has 1 rings (SSSR count). The van der Waals surface area contributed by atoms with Gasteiger partial charge in [-0.25, -0.2) is 0 Å². The second-order valence-electron chi connectivity index (χ2n) is 6.22. The van der Waals surface area contributed by atoms with Crippen LogP contribution in [0.25, 0.3) is 0 Å². The van der Waals surface area contributed by atoms with Gasteiger partial charge in [0.05, 0.1) is 0 Å². The first-order valence-corrected chi connectivity index (χ1v) is 7.28. The van der Waals surface area contributed by atoms with Crippen LogP contribution in [0.4, 0.5) is 0 Å². The number of rotatable bonds is 3. The SMILES string of the molecule is CN=C(NCCN1CCN(C(C)=O)CC1)NC(C)(C)C.I. The maximum atomic E-state index is 11.3. The van der Waals surface area contributed by atoms with Gasteiger partial charge in [0.1, 0.15) is 0 Å². The maximum Gasteiger partial charge on any atom is 0.219 e. The highest BCUT2D eigenvalue weighted by atomic mass is 127. The first-order chi connectivity index (χ1) is 9.31. The van der Waals surface area contributed by atoms with Gasteiger partial charge in [0.15, 0.2) is 5.96 Å². The lowest BCUT2D eigenvalue weighted by molar-refractivity contribution is -0.130. The Balaban J connectivity index is 0.00000400. The van der Waals surface area contributed by atoms with Gasteiger partial charge in [-0.3, -0.25) is 14.7 Å². The van der Waals surface area contributed by atoms with Gasteiger partial charge in [0.2, 0.25) is 5.91 Å². The molecule has 1 amide bonds. The van der Waals surface area contributed by atoms with E-state index in [0.29, 0.717) is 0 Å². The molecule has 2 N–H and O–H groups in total. The zero-order chi connectivity index (χ0) is 15.2. The molecule has 0 spiro atoms. The fourth-order valence-corrected chi connectivity index (χ4v) is 2.15. The molecule has 0 bridgehead atoms. The Labute approximate surface area is 145 Å². The zero-order valence-corrected chi connectivity index (χ0v) is 16.2. The Hall–Kier alpha value is -0.570. The number of piperazine rings is 1. The standard InChI is InChI=1S/C14H29N5O.HI/c1-12(20)19-10-8-18(9-11-19)7-6-16-13(15-5)17-14(2,3)4;/h6-11H2,1-5H3,(H2,15,16,17);1H. The van der Waals surface area contributed by atoms with E-state index in [1.807, 2.05) is 4.90 Å². The third kappa shape index (κ3) is 8.45. The van der Waals surface area contributed by atoms with E-state index >= 15 is 0 Å². The molecule has 124 valence electrons. The highest BCUT2D eigenvalue weighted by molar-refractivity contribution is 14.0. The summed E-state index contributed by atoms with van der Waals surface area (Å²) >= 11 is 0. The molecule has 21 heavy (non-hydrogen) atoms. The summed E-state index contributed by atoms with van der Waals surface area (Å²) in [5, 5.41) is 6.66. The van der Waals surface area contributed by atoms with Crippen LogP contribution in [0.3, 0.4) is 0 Å². The van der Waals surface area contributed by atoms with Crippen molar-refractivity contribution in [1.29, 1.82) is 0 Å². The van der Waals surface area contributed by atoms with Crippen LogP contribution in [0.1, 0.15) is 27.7 Å². The van der Waals surface area contributed by atoms with Gasteiger partial charge in [0, 0.05) is 58.8 Å². The van der Waals surface area contributed by atoms with Gasteiger partial charge in [-0.15, -0.1) is 24.0 Å². The number of nitrogens with zero attached hydrogens (tertiary/aromatic N) is 3. The number of carbonyl (C=O) groups excluding carboxylic acids is 1. The molecule has 1 heterocycles. The van der Waals surface area contributed by atoms with E-state index < -0.39 is 0 Å². The van der Waals surface area contributed by atoms with Crippen molar-refractivity contribution < 1.29 is 4.79 Å². The molecule has 7 heteroatoms. The number of amides is 1. The largest absolute Gasteiger partial charge is 0.355 e. The summed E-state index contributed by atoms with van der Waals surface area (Å²) in [7, 11) is 1.78.